The Morgan fingerprint density at radius 2 is 0.823 bits per heavy atom. The van der Waals surface area contributed by atoms with Gasteiger partial charge in [0.25, 0.3) is 0 Å². The number of benzene rings is 8. The van der Waals surface area contributed by atoms with Gasteiger partial charge in [-0.05, 0) is 59.5 Å². The van der Waals surface area contributed by atoms with Gasteiger partial charge in [-0.2, -0.15) is 5.10 Å². The maximum absolute atomic E-state index is 5.43. The zero-order valence-electron chi connectivity index (χ0n) is 33.5. The van der Waals surface area contributed by atoms with Crippen molar-refractivity contribution in [2.45, 2.75) is 0 Å². The van der Waals surface area contributed by atoms with Crippen LogP contribution in [0.3, 0.4) is 0 Å². The van der Waals surface area contributed by atoms with Crippen LogP contribution in [-0.2, 0) is 0 Å². The average Bonchev–Trinajstić information content (AvgIpc) is 3.92. The molecule has 0 amide bonds. The van der Waals surface area contributed by atoms with E-state index in [1.807, 2.05) is 36.4 Å². The van der Waals surface area contributed by atoms with Gasteiger partial charge >= 0.3 is 0 Å². The Morgan fingerprint density at radius 1 is 0.339 bits per heavy atom. The monoisotopic (exact) mass is 792 g/mol. The van der Waals surface area contributed by atoms with Crippen molar-refractivity contribution in [2.24, 2.45) is 0 Å². The molecule has 6 heteroatoms. The van der Waals surface area contributed by atoms with E-state index < -0.39 is 0 Å². The highest BCUT2D eigenvalue weighted by atomic mass is 15.2. The molecule has 4 aromatic heterocycles. The predicted octanol–water partition coefficient (Wildman–Crippen LogP) is 13.8. The van der Waals surface area contributed by atoms with Crippen molar-refractivity contribution < 1.29 is 0 Å². The maximum Gasteiger partial charge on any atom is 0.164 e. The standard InChI is InChI=1S/C56H36N6/c1-4-17-37(18-5-1)51-52(38-19-6-2-7-20-38)60-62-50(36-41-23-10-11-26-45(41)53(51)62)42-24-16-25-43(35-42)56-58-54(39-21-8-3-9-22-39)57-55(59-56)40-31-33-44(34-32-40)61-48-29-14-12-27-46(48)47-28-13-15-30-49(47)61/h1-36H. The lowest BCUT2D eigenvalue weighted by atomic mass is 9.97. The molecule has 12 rings (SSSR count). The number of para-hydroxylation sites is 2. The van der Waals surface area contributed by atoms with Gasteiger partial charge in [0.15, 0.2) is 17.5 Å². The first-order chi connectivity index (χ1) is 30.7. The summed E-state index contributed by atoms with van der Waals surface area (Å²) in [6.45, 7) is 0. The Morgan fingerprint density at radius 3 is 1.47 bits per heavy atom. The summed E-state index contributed by atoms with van der Waals surface area (Å²) < 4.78 is 4.45. The quantitative estimate of drug-likeness (QED) is 0.161. The van der Waals surface area contributed by atoms with Crippen molar-refractivity contribution >= 4 is 38.1 Å². The summed E-state index contributed by atoms with van der Waals surface area (Å²) in [4.78, 5) is 15.4. The topological polar surface area (TPSA) is 60.9 Å². The molecule has 0 unspecified atom stereocenters. The third kappa shape index (κ3) is 5.96. The van der Waals surface area contributed by atoms with Crippen LogP contribution in [0.25, 0.3) is 112 Å². The highest BCUT2D eigenvalue weighted by molar-refractivity contribution is 6.10. The lowest BCUT2D eigenvalue weighted by molar-refractivity contribution is 0.979. The predicted molar refractivity (Wildman–Crippen MR) is 253 cm³/mol. The number of pyridine rings is 1. The van der Waals surface area contributed by atoms with E-state index in [2.05, 4.69) is 191 Å². The minimum Gasteiger partial charge on any atom is -0.309 e. The number of hydrogen-bond donors (Lipinski definition) is 0. The second-order valence-corrected chi connectivity index (χ2v) is 15.5. The molecule has 0 saturated carbocycles. The molecule has 12 aromatic rings. The molecule has 0 radical (unpaired) electrons. The second kappa shape index (κ2) is 14.7. The lowest BCUT2D eigenvalue weighted by Gasteiger charge is -2.13. The maximum atomic E-state index is 5.43. The molecule has 0 aliphatic heterocycles. The van der Waals surface area contributed by atoms with E-state index in [-0.39, 0.29) is 0 Å². The molecule has 0 bridgehead atoms. The minimum absolute atomic E-state index is 0.592. The largest absolute Gasteiger partial charge is 0.309 e. The van der Waals surface area contributed by atoms with Crippen LogP contribution in [0, 0.1) is 0 Å². The van der Waals surface area contributed by atoms with Crippen LogP contribution in [0.5, 0.6) is 0 Å². The normalized spacial score (nSPS) is 11.5. The molecule has 0 spiro atoms. The van der Waals surface area contributed by atoms with E-state index in [1.165, 1.54) is 21.8 Å². The van der Waals surface area contributed by atoms with Gasteiger partial charge in [0.2, 0.25) is 0 Å². The van der Waals surface area contributed by atoms with Gasteiger partial charge < -0.3 is 4.57 Å². The van der Waals surface area contributed by atoms with E-state index in [0.717, 1.165) is 72.3 Å². The number of nitrogens with zero attached hydrogens (tertiary/aromatic N) is 6. The molecule has 6 nitrogen and oxygen atoms in total. The smallest absolute Gasteiger partial charge is 0.164 e. The summed E-state index contributed by atoms with van der Waals surface area (Å²) >= 11 is 0. The molecular weight excluding hydrogens is 757 g/mol. The van der Waals surface area contributed by atoms with Gasteiger partial charge in [-0.3, -0.25) is 0 Å². The number of aromatic nitrogens is 6. The van der Waals surface area contributed by atoms with E-state index in [1.54, 1.807) is 0 Å². The van der Waals surface area contributed by atoms with Crippen LogP contribution in [-0.4, -0.2) is 29.1 Å². The molecule has 62 heavy (non-hydrogen) atoms. The van der Waals surface area contributed by atoms with Crippen molar-refractivity contribution in [1.29, 1.82) is 0 Å². The molecule has 4 heterocycles. The van der Waals surface area contributed by atoms with Crippen molar-refractivity contribution in [3.05, 3.63) is 218 Å². The van der Waals surface area contributed by atoms with Crippen LogP contribution in [0.15, 0.2) is 218 Å². The molecule has 0 atom stereocenters. The van der Waals surface area contributed by atoms with Crippen LogP contribution >= 0.6 is 0 Å². The van der Waals surface area contributed by atoms with E-state index in [0.29, 0.717) is 17.5 Å². The fourth-order valence-corrected chi connectivity index (χ4v) is 8.90. The van der Waals surface area contributed by atoms with Crippen LogP contribution in [0.1, 0.15) is 0 Å². The Kier molecular flexibility index (Phi) is 8.38. The Hall–Kier alpha value is -8.48. The van der Waals surface area contributed by atoms with Crippen molar-refractivity contribution in [3.8, 4) is 73.5 Å². The molecule has 8 aromatic carbocycles. The summed E-state index contributed by atoms with van der Waals surface area (Å²) in [7, 11) is 0. The van der Waals surface area contributed by atoms with Crippen LogP contribution in [0.2, 0.25) is 0 Å². The van der Waals surface area contributed by atoms with Gasteiger partial charge in [0.1, 0.15) is 5.69 Å². The molecule has 290 valence electrons. The second-order valence-electron chi connectivity index (χ2n) is 15.5. The zero-order chi connectivity index (χ0) is 41.0. The molecule has 0 fully saturated rings. The van der Waals surface area contributed by atoms with Crippen molar-refractivity contribution in [1.82, 2.24) is 29.1 Å². The summed E-state index contributed by atoms with van der Waals surface area (Å²) in [6, 6.07) is 76.2. The number of rotatable bonds is 7. The molecule has 0 aliphatic rings. The number of hydrogen-bond acceptors (Lipinski definition) is 4. The fourth-order valence-electron chi connectivity index (χ4n) is 8.90. The van der Waals surface area contributed by atoms with Gasteiger partial charge in [-0.15, -0.1) is 0 Å². The van der Waals surface area contributed by atoms with Crippen molar-refractivity contribution in [2.75, 3.05) is 0 Å². The number of fused-ring (bicyclic) bond motifs is 6. The Balaban J connectivity index is 1.02. The third-order valence-corrected chi connectivity index (χ3v) is 11.8. The van der Waals surface area contributed by atoms with Gasteiger partial charge in [0, 0.05) is 55.2 Å². The first-order valence-corrected chi connectivity index (χ1v) is 20.8. The van der Waals surface area contributed by atoms with Crippen LogP contribution in [0.4, 0.5) is 0 Å². The summed E-state index contributed by atoms with van der Waals surface area (Å²) in [5, 5.41) is 10.2. The fraction of sp³-hybridized carbons (Fsp3) is 0. The third-order valence-electron chi connectivity index (χ3n) is 11.8. The van der Waals surface area contributed by atoms with E-state index >= 15 is 0 Å². The first kappa shape index (κ1) is 35.5. The van der Waals surface area contributed by atoms with E-state index in [9.17, 15) is 0 Å². The Bertz CT molecular complexity index is 3560. The minimum atomic E-state index is 0.592. The zero-order valence-corrected chi connectivity index (χ0v) is 33.5. The van der Waals surface area contributed by atoms with Gasteiger partial charge in [-0.25, -0.2) is 19.5 Å². The summed E-state index contributed by atoms with van der Waals surface area (Å²) in [6.07, 6.45) is 0. The highest BCUT2D eigenvalue weighted by Gasteiger charge is 2.22. The first-order valence-electron chi connectivity index (χ1n) is 20.8. The van der Waals surface area contributed by atoms with Gasteiger partial charge in [0.05, 0.1) is 22.2 Å². The van der Waals surface area contributed by atoms with Crippen LogP contribution < -0.4 is 0 Å². The Labute approximate surface area is 357 Å². The van der Waals surface area contributed by atoms with Gasteiger partial charge in [-0.1, -0.05) is 170 Å². The molecular formula is C56H36N6. The van der Waals surface area contributed by atoms with Crippen molar-refractivity contribution in [3.63, 3.8) is 0 Å². The SMILES string of the molecule is c1ccc(-c2nc(-c3ccc(-n4c5ccccc5c5ccccc54)cc3)nc(-c3cccc(-c4cc5ccccc5c5c(-c6ccccc6)c(-c6ccccc6)nn45)c3)n2)cc1. The molecule has 0 aliphatic carbocycles. The summed E-state index contributed by atoms with van der Waals surface area (Å²) in [5.41, 5.74) is 13.4. The summed E-state index contributed by atoms with van der Waals surface area (Å²) in [5.74, 6) is 1.81. The average molecular weight is 793 g/mol. The lowest BCUT2D eigenvalue weighted by Crippen LogP contribution is -2.01. The van der Waals surface area contributed by atoms with E-state index in [4.69, 9.17) is 20.1 Å². The molecule has 0 N–H and O–H groups in total. The molecule has 0 saturated heterocycles. The highest BCUT2D eigenvalue weighted by Crippen LogP contribution is 2.41.